The van der Waals surface area contributed by atoms with Crippen molar-refractivity contribution in [3.05, 3.63) is 46.5 Å². The lowest BCUT2D eigenvalue weighted by Gasteiger charge is -2.33. The molecule has 0 aliphatic carbocycles. The molecular formula is C20H20F3N3O2S. The van der Waals surface area contributed by atoms with E-state index in [0.29, 0.717) is 29.0 Å². The Bertz CT molecular complexity index is 1060. The molecule has 1 aromatic carbocycles. The molecule has 0 bridgehead atoms. The fourth-order valence-electron chi connectivity index (χ4n) is 3.64. The number of fused-ring (bicyclic) bond motifs is 1. The molecule has 1 aliphatic rings. The third-order valence-electron chi connectivity index (χ3n) is 5.15. The minimum atomic E-state index is -4.19. The van der Waals surface area contributed by atoms with Crippen molar-refractivity contribution in [1.29, 1.82) is 0 Å². The van der Waals surface area contributed by atoms with E-state index in [1.807, 2.05) is 30.3 Å². The van der Waals surface area contributed by atoms with E-state index in [1.54, 1.807) is 12.0 Å². The van der Waals surface area contributed by atoms with Gasteiger partial charge in [0.25, 0.3) is 5.56 Å². The van der Waals surface area contributed by atoms with Gasteiger partial charge in [0.2, 0.25) is 0 Å². The highest BCUT2D eigenvalue weighted by atomic mass is 32.1. The number of halogens is 3. The summed E-state index contributed by atoms with van der Waals surface area (Å²) in [6.07, 6.45) is -3.56. The summed E-state index contributed by atoms with van der Waals surface area (Å²) in [7, 11) is 1.60. The lowest BCUT2D eigenvalue weighted by Crippen LogP contribution is -2.41. The monoisotopic (exact) mass is 423 g/mol. The lowest BCUT2D eigenvalue weighted by molar-refractivity contribution is -0.187. The number of hydrogen-bond acceptors (Lipinski definition) is 5. The molecule has 154 valence electrons. The first-order chi connectivity index (χ1) is 13.8. The predicted octanol–water partition coefficient (Wildman–Crippen LogP) is 4.43. The van der Waals surface area contributed by atoms with Crippen LogP contribution in [0.4, 0.5) is 13.2 Å². The maximum Gasteiger partial charge on any atom is 0.393 e. The number of aromatic amines is 1. The molecule has 5 nitrogen and oxygen atoms in total. The van der Waals surface area contributed by atoms with Gasteiger partial charge in [-0.2, -0.15) is 13.2 Å². The third-order valence-corrected chi connectivity index (χ3v) is 6.32. The minimum absolute atomic E-state index is 0.0635. The molecule has 0 saturated carbocycles. The summed E-state index contributed by atoms with van der Waals surface area (Å²) >= 11 is 1.34. The predicted molar refractivity (Wildman–Crippen MR) is 106 cm³/mol. The number of alkyl halides is 3. The second-order valence-electron chi connectivity index (χ2n) is 7.18. The van der Waals surface area contributed by atoms with E-state index >= 15 is 0 Å². The topological polar surface area (TPSA) is 58.2 Å². The molecule has 0 radical (unpaired) electrons. The molecule has 4 rings (SSSR count). The summed E-state index contributed by atoms with van der Waals surface area (Å²) in [5.41, 5.74) is 1.24. The fourth-order valence-corrected chi connectivity index (χ4v) is 4.64. The van der Waals surface area contributed by atoms with Gasteiger partial charge in [-0.1, -0.05) is 0 Å². The van der Waals surface area contributed by atoms with Crippen LogP contribution >= 0.6 is 11.3 Å². The number of methoxy groups -OCH3 is 1. The number of likely N-dealkylation sites (tertiary alicyclic amines) is 1. The van der Waals surface area contributed by atoms with Crippen molar-refractivity contribution in [2.75, 3.05) is 20.2 Å². The maximum atomic E-state index is 13.0. The minimum Gasteiger partial charge on any atom is -0.497 e. The zero-order chi connectivity index (χ0) is 20.6. The van der Waals surface area contributed by atoms with E-state index in [1.165, 1.54) is 11.3 Å². The number of rotatable bonds is 4. The Kier molecular flexibility index (Phi) is 5.35. The van der Waals surface area contributed by atoms with Crippen molar-refractivity contribution >= 4 is 21.6 Å². The van der Waals surface area contributed by atoms with Crippen LogP contribution in [0.1, 0.15) is 18.7 Å². The van der Waals surface area contributed by atoms with Crippen LogP contribution in [0.3, 0.4) is 0 Å². The number of aromatic nitrogens is 2. The molecule has 3 aromatic rings. The molecule has 1 aliphatic heterocycles. The zero-order valence-corrected chi connectivity index (χ0v) is 16.6. The first-order valence-electron chi connectivity index (χ1n) is 9.30. The van der Waals surface area contributed by atoms with Gasteiger partial charge < -0.3 is 9.72 Å². The molecule has 1 saturated heterocycles. The van der Waals surface area contributed by atoms with Crippen LogP contribution in [-0.4, -0.2) is 41.2 Å². The summed E-state index contributed by atoms with van der Waals surface area (Å²) in [5.74, 6) is -0.189. The van der Waals surface area contributed by atoms with E-state index in [0.717, 1.165) is 16.2 Å². The SMILES string of the molecule is COc1ccc(-c2cc3nc(CN4CCCC(C(F)(F)F)C4)[nH]c(=O)c3s2)cc1. The van der Waals surface area contributed by atoms with Gasteiger partial charge in [-0.25, -0.2) is 4.98 Å². The van der Waals surface area contributed by atoms with Gasteiger partial charge in [0.05, 0.1) is 25.1 Å². The molecule has 0 spiro atoms. The highest BCUT2D eigenvalue weighted by Crippen LogP contribution is 2.34. The standard InChI is InChI=1S/C20H20F3N3O2S/c1-28-14-6-4-12(5-7-14)16-9-15-18(29-16)19(27)25-17(24-15)11-26-8-2-3-13(10-26)20(21,22)23/h4-7,9,13H,2-3,8,10-11H2,1H3,(H,24,25,27). The van der Waals surface area contributed by atoms with Crippen LogP contribution in [-0.2, 0) is 6.54 Å². The van der Waals surface area contributed by atoms with Crippen molar-refractivity contribution < 1.29 is 17.9 Å². The summed E-state index contributed by atoms with van der Waals surface area (Å²) in [5, 5.41) is 0. The number of thiophene rings is 1. The molecular weight excluding hydrogens is 403 g/mol. The van der Waals surface area contributed by atoms with Gasteiger partial charge in [0.15, 0.2) is 0 Å². The van der Waals surface area contributed by atoms with Crippen LogP contribution in [0.2, 0.25) is 0 Å². The van der Waals surface area contributed by atoms with Crippen LogP contribution in [0.15, 0.2) is 35.1 Å². The van der Waals surface area contributed by atoms with Crippen LogP contribution in [0, 0.1) is 5.92 Å². The average molecular weight is 423 g/mol. The highest BCUT2D eigenvalue weighted by molar-refractivity contribution is 7.22. The van der Waals surface area contributed by atoms with Crippen LogP contribution < -0.4 is 10.3 Å². The Morgan fingerprint density at radius 2 is 2.07 bits per heavy atom. The van der Waals surface area contributed by atoms with Gasteiger partial charge in [-0.15, -0.1) is 11.3 Å². The van der Waals surface area contributed by atoms with E-state index < -0.39 is 12.1 Å². The number of piperidine rings is 1. The maximum absolute atomic E-state index is 13.0. The van der Waals surface area contributed by atoms with Crippen molar-refractivity contribution in [2.45, 2.75) is 25.6 Å². The number of nitrogens with one attached hydrogen (secondary N) is 1. The zero-order valence-electron chi connectivity index (χ0n) is 15.8. The molecule has 29 heavy (non-hydrogen) atoms. The number of benzene rings is 1. The first-order valence-corrected chi connectivity index (χ1v) is 10.1. The number of H-pyrrole nitrogens is 1. The average Bonchev–Trinajstić information content (AvgIpc) is 3.12. The third kappa shape index (κ3) is 4.30. The molecule has 3 heterocycles. The fraction of sp³-hybridized carbons (Fsp3) is 0.400. The molecule has 1 atom stereocenters. The van der Waals surface area contributed by atoms with E-state index in [9.17, 15) is 18.0 Å². The molecule has 1 fully saturated rings. The first kappa shape index (κ1) is 19.9. The van der Waals surface area contributed by atoms with Crippen LogP contribution in [0.5, 0.6) is 5.75 Å². The Hall–Kier alpha value is -2.39. The lowest BCUT2D eigenvalue weighted by atomic mass is 9.97. The molecule has 2 aromatic heterocycles. The summed E-state index contributed by atoms with van der Waals surface area (Å²) in [6.45, 7) is 0.701. The molecule has 9 heteroatoms. The van der Waals surface area contributed by atoms with Gasteiger partial charge in [-0.05, 0) is 55.3 Å². The van der Waals surface area contributed by atoms with Gasteiger partial charge in [0.1, 0.15) is 16.3 Å². The van der Waals surface area contributed by atoms with Gasteiger partial charge in [-0.3, -0.25) is 9.69 Å². The van der Waals surface area contributed by atoms with Crippen molar-refractivity contribution in [3.63, 3.8) is 0 Å². The largest absolute Gasteiger partial charge is 0.497 e. The van der Waals surface area contributed by atoms with E-state index in [-0.39, 0.29) is 25.1 Å². The molecule has 1 N–H and O–H groups in total. The Balaban J connectivity index is 1.58. The second kappa shape index (κ2) is 7.79. The van der Waals surface area contributed by atoms with Crippen molar-refractivity contribution in [3.8, 4) is 16.2 Å². The van der Waals surface area contributed by atoms with Crippen molar-refractivity contribution in [2.24, 2.45) is 5.92 Å². The van der Waals surface area contributed by atoms with Gasteiger partial charge in [0, 0.05) is 11.4 Å². The summed E-state index contributed by atoms with van der Waals surface area (Å²) in [6, 6.07) is 9.34. The number of nitrogens with zero attached hydrogens (tertiary/aromatic N) is 2. The van der Waals surface area contributed by atoms with E-state index in [2.05, 4.69) is 9.97 Å². The van der Waals surface area contributed by atoms with Gasteiger partial charge >= 0.3 is 6.18 Å². The number of hydrogen-bond donors (Lipinski definition) is 1. The summed E-state index contributed by atoms with van der Waals surface area (Å²) in [4.78, 5) is 22.4. The van der Waals surface area contributed by atoms with E-state index in [4.69, 9.17) is 4.74 Å². The van der Waals surface area contributed by atoms with Crippen molar-refractivity contribution in [1.82, 2.24) is 14.9 Å². The molecule has 0 amide bonds. The Labute approximate surface area is 169 Å². The normalized spacial score (nSPS) is 18.3. The Morgan fingerprint density at radius 3 is 2.76 bits per heavy atom. The van der Waals surface area contributed by atoms with Crippen LogP contribution in [0.25, 0.3) is 20.7 Å². The second-order valence-corrected chi connectivity index (χ2v) is 8.23. The molecule has 1 unspecified atom stereocenters. The number of ether oxygens (including phenoxy) is 1. The Morgan fingerprint density at radius 1 is 1.31 bits per heavy atom. The smallest absolute Gasteiger partial charge is 0.393 e. The quantitative estimate of drug-likeness (QED) is 0.674. The summed E-state index contributed by atoms with van der Waals surface area (Å²) < 4.78 is 44.8. The highest BCUT2D eigenvalue weighted by Gasteiger charge is 2.41.